The molecule has 1 atom stereocenters. The van der Waals surface area contributed by atoms with Gasteiger partial charge in [0.25, 0.3) is 0 Å². The lowest BCUT2D eigenvalue weighted by Crippen LogP contribution is -2.15. The van der Waals surface area contributed by atoms with E-state index in [1.165, 1.54) is 0 Å². The second kappa shape index (κ2) is 4.99. The van der Waals surface area contributed by atoms with Gasteiger partial charge in [-0.2, -0.15) is 13.2 Å². The number of benzene rings is 1. The Kier molecular flexibility index (Phi) is 4.16. The molecule has 0 saturated carbocycles. The Morgan fingerprint density at radius 3 is 2.53 bits per heavy atom. The highest BCUT2D eigenvalue weighted by molar-refractivity contribution is 9.10. The average Bonchev–Trinajstić information content (AvgIpc) is 2.13. The van der Waals surface area contributed by atoms with Crippen molar-refractivity contribution < 1.29 is 13.2 Å². The van der Waals surface area contributed by atoms with E-state index in [-0.39, 0.29) is 6.42 Å². The van der Waals surface area contributed by atoms with Crippen LogP contribution in [0.25, 0.3) is 0 Å². The summed E-state index contributed by atoms with van der Waals surface area (Å²) < 4.78 is 36.7. The summed E-state index contributed by atoms with van der Waals surface area (Å²) in [4.78, 5) is 0. The summed E-state index contributed by atoms with van der Waals surface area (Å²) in [5.74, 6) is 0. The van der Waals surface area contributed by atoms with Crippen LogP contribution < -0.4 is 5.73 Å². The lowest BCUT2D eigenvalue weighted by molar-refractivity contribution is -0.136. The molecule has 0 unspecified atom stereocenters. The van der Waals surface area contributed by atoms with Gasteiger partial charge in [-0.1, -0.05) is 28.1 Å². The highest BCUT2D eigenvalue weighted by Crippen LogP contribution is 2.27. The Balaban J connectivity index is 2.58. The molecule has 0 radical (unpaired) electrons. The zero-order valence-electron chi connectivity index (χ0n) is 7.89. The Morgan fingerprint density at radius 2 is 2.00 bits per heavy atom. The summed E-state index contributed by atoms with van der Waals surface area (Å²) in [6, 6.07) is 6.46. The molecule has 15 heavy (non-hydrogen) atoms. The van der Waals surface area contributed by atoms with Crippen molar-refractivity contribution in [2.75, 3.05) is 0 Å². The third-order valence-corrected chi connectivity index (χ3v) is 2.51. The van der Waals surface area contributed by atoms with Crippen LogP contribution in [0, 0.1) is 0 Å². The van der Waals surface area contributed by atoms with Crippen LogP contribution in [-0.2, 0) is 0 Å². The molecular weight excluding hydrogens is 271 g/mol. The minimum Gasteiger partial charge on any atom is -0.324 e. The van der Waals surface area contributed by atoms with Crippen LogP contribution in [0.2, 0.25) is 0 Å². The molecule has 0 fully saturated rings. The van der Waals surface area contributed by atoms with Crippen LogP contribution in [0.15, 0.2) is 28.7 Å². The van der Waals surface area contributed by atoms with E-state index < -0.39 is 18.6 Å². The fraction of sp³-hybridized carbons (Fsp3) is 0.400. The topological polar surface area (TPSA) is 26.0 Å². The first-order valence-corrected chi connectivity index (χ1v) is 5.25. The van der Waals surface area contributed by atoms with Gasteiger partial charge < -0.3 is 5.73 Å². The van der Waals surface area contributed by atoms with Gasteiger partial charge in [-0.15, -0.1) is 0 Å². The van der Waals surface area contributed by atoms with E-state index in [1.807, 2.05) is 0 Å². The second-order valence-corrected chi connectivity index (χ2v) is 4.23. The number of halogens is 4. The number of rotatable bonds is 3. The number of alkyl halides is 3. The molecule has 0 heterocycles. The van der Waals surface area contributed by atoms with Crippen LogP contribution in [0.5, 0.6) is 0 Å². The third kappa shape index (κ3) is 4.66. The van der Waals surface area contributed by atoms with E-state index in [4.69, 9.17) is 5.73 Å². The molecule has 0 aliphatic heterocycles. The van der Waals surface area contributed by atoms with Gasteiger partial charge in [-0.3, -0.25) is 0 Å². The predicted molar refractivity (Wildman–Crippen MR) is 56.4 cm³/mol. The first-order valence-electron chi connectivity index (χ1n) is 4.46. The predicted octanol–water partition coefficient (Wildman–Crippen LogP) is 3.79. The van der Waals surface area contributed by atoms with Gasteiger partial charge in [0.2, 0.25) is 0 Å². The van der Waals surface area contributed by atoms with Gasteiger partial charge in [0.1, 0.15) is 0 Å². The minimum atomic E-state index is -4.14. The van der Waals surface area contributed by atoms with Crippen LogP contribution in [-0.4, -0.2) is 6.18 Å². The van der Waals surface area contributed by atoms with Crippen molar-refractivity contribution in [3.05, 3.63) is 34.3 Å². The SMILES string of the molecule is N[C@@H](CCC(F)(F)F)c1cccc(Br)c1. The summed E-state index contributed by atoms with van der Waals surface area (Å²) in [5, 5.41) is 0. The molecule has 1 rings (SSSR count). The Morgan fingerprint density at radius 1 is 1.33 bits per heavy atom. The summed E-state index contributed by atoms with van der Waals surface area (Å²) in [7, 11) is 0. The Labute approximate surface area is 94.6 Å². The first-order chi connectivity index (χ1) is 6.88. The molecule has 1 nitrogen and oxygen atoms in total. The molecule has 1 aromatic rings. The third-order valence-electron chi connectivity index (χ3n) is 2.02. The Hall–Kier alpha value is -0.550. The van der Waals surface area contributed by atoms with Crippen LogP contribution in [0.1, 0.15) is 24.4 Å². The molecule has 0 aromatic heterocycles. The molecule has 0 aliphatic rings. The maximum Gasteiger partial charge on any atom is 0.389 e. The van der Waals surface area contributed by atoms with Gasteiger partial charge in [-0.05, 0) is 24.1 Å². The summed E-state index contributed by atoms with van der Waals surface area (Å²) in [6.45, 7) is 0. The molecule has 0 bridgehead atoms. The molecule has 5 heteroatoms. The van der Waals surface area contributed by atoms with Crippen molar-refractivity contribution in [1.29, 1.82) is 0 Å². The van der Waals surface area contributed by atoms with Crippen molar-refractivity contribution in [1.82, 2.24) is 0 Å². The van der Waals surface area contributed by atoms with Crippen LogP contribution in [0.3, 0.4) is 0 Å². The van der Waals surface area contributed by atoms with Gasteiger partial charge >= 0.3 is 6.18 Å². The fourth-order valence-corrected chi connectivity index (χ4v) is 1.64. The maximum absolute atomic E-state index is 11.9. The highest BCUT2D eigenvalue weighted by atomic mass is 79.9. The van der Waals surface area contributed by atoms with Crippen molar-refractivity contribution in [3.8, 4) is 0 Å². The normalized spacial score (nSPS) is 13.9. The molecule has 0 amide bonds. The number of hydrogen-bond donors (Lipinski definition) is 1. The minimum absolute atomic E-state index is 0.0834. The molecule has 0 spiro atoms. The maximum atomic E-state index is 11.9. The van der Waals surface area contributed by atoms with Crippen molar-refractivity contribution in [3.63, 3.8) is 0 Å². The monoisotopic (exact) mass is 281 g/mol. The first kappa shape index (κ1) is 12.5. The lowest BCUT2D eigenvalue weighted by atomic mass is 10.0. The second-order valence-electron chi connectivity index (χ2n) is 3.32. The van der Waals surface area contributed by atoms with E-state index >= 15 is 0 Å². The molecule has 0 saturated heterocycles. The smallest absolute Gasteiger partial charge is 0.324 e. The Bertz CT molecular complexity index is 325. The lowest BCUT2D eigenvalue weighted by Gasteiger charge is -2.13. The van der Waals surface area contributed by atoms with Crippen LogP contribution >= 0.6 is 15.9 Å². The van der Waals surface area contributed by atoms with Gasteiger partial charge in [0.15, 0.2) is 0 Å². The van der Waals surface area contributed by atoms with Crippen molar-refractivity contribution in [2.45, 2.75) is 25.1 Å². The molecule has 84 valence electrons. The van der Waals surface area contributed by atoms with Crippen molar-refractivity contribution in [2.24, 2.45) is 5.73 Å². The van der Waals surface area contributed by atoms with Gasteiger partial charge in [0.05, 0.1) is 0 Å². The summed E-state index contributed by atoms with van der Waals surface area (Å²) in [5.41, 5.74) is 6.37. The van der Waals surface area contributed by atoms with E-state index in [2.05, 4.69) is 15.9 Å². The van der Waals surface area contributed by atoms with E-state index in [0.717, 1.165) is 4.47 Å². The van der Waals surface area contributed by atoms with E-state index in [0.29, 0.717) is 5.56 Å². The van der Waals surface area contributed by atoms with E-state index in [9.17, 15) is 13.2 Å². The number of hydrogen-bond acceptors (Lipinski definition) is 1. The van der Waals surface area contributed by atoms with Gasteiger partial charge in [-0.25, -0.2) is 0 Å². The summed E-state index contributed by atoms with van der Waals surface area (Å²) in [6.07, 6.45) is -5.07. The zero-order valence-corrected chi connectivity index (χ0v) is 9.48. The largest absolute Gasteiger partial charge is 0.389 e. The standard InChI is InChI=1S/C10H11BrF3N/c11-8-3-1-2-7(6-8)9(15)4-5-10(12,13)14/h1-3,6,9H,4-5,15H2/t9-/m0/s1. The van der Waals surface area contributed by atoms with Crippen LogP contribution in [0.4, 0.5) is 13.2 Å². The molecule has 1 aromatic carbocycles. The van der Waals surface area contributed by atoms with Gasteiger partial charge in [0, 0.05) is 16.9 Å². The average molecular weight is 282 g/mol. The van der Waals surface area contributed by atoms with Crippen molar-refractivity contribution >= 4 is 15.9 Å². The fourth-order valence-electron chi connectivity index (χ4n) is 1.22. The molecule has 2 N–H and O–H groups in total. The summed E-state index contributed by atoms with van der Waals surface area (Å²) >= 11 is 3.24. The quantitative estimate of drug-likeness (QED) is 0.896. The molecule has 0 aliphatic carbocycles. The highest BCUT2D eigenvalue weighted by Gasteiger charge is 2.27. The molecular formula is C10H11BrF3N. The number of nitrogens with two attached hydrogens (primary N) is 1. The zero-order chi connectivity index (χ0) is 11.5. The van der Waals surface area contributed by atoms with E-state index in [1.54, 1.807) is 24.3 Å².